The first kappa shape index (κ1) is 19.1. The first-order valence-electron chi connectivity index (χ1n) is 6.37. The third-order valence-electron chi connectivity index (χ3n) is 2.83. The summed E-state index contributed by atoms with van der Waals surface area (Å²) >= 11 is 23.4. The van der Waals surface area contributed by atoms with E-state index >= 15 is 0 Å². The molecule has 0 radical (unpaired) electrons. The zero-order valence-electron chi connectivity index (χ0n) is 11.8. The molecule has 0 unspecified atom stereocenters. The van der Waals surface area contributed by atoms with Gasteiger partial charge in [0.2, 0.25) is 0 Å². The van der Waals surface area contributed by atoms with Gasteiger partial charge in [-0.2, -0.15) is 0 Å². The SMILES string of the molecule is O=C(CS(=O)(=O)c1ccc(Cl)cc1)NNc1c(Cl)cc(Cl)cc1Cl. The highest BCUT2D eigenvalue weighted by Crippen LogP contribution is 2.33. The normalized spacial score (nSPS) is 11.2. The third kappa shape index (κ3) is 4.91. The second kappa shape index (κ2) is 7.80. The number of benzene rings is 2. The van der Waals surface area contributed by atoms with Crippen LogP contribution in [0.3, 0.4) is 0 Å². The monoisotopic (exact) mass is 426 g/mol. The van der Waals surface area contributed by atoms with E-state index in [0.717, 1.165) is 0 Å². The molecule has 0 aliphatic heterocycles. The highest BCUT2D eigenvalue weighted by molar-refractivity contribution is 7.92. The molecule has 0 atom stereocenters. The Bertz CT molecular complexity index is 847. The van der Waals surface area contributed by atoms with Crippen LogP contribution in [0.4, 0.5) is 5.69 Å². The van der Waals surface area contributed by atoms with Crippen molar-refractivity contribution in [2.24, 2.45) is 0 Å². The zero-order chi connectivity index (χ0) is 17.9. The van der Waals surface area contributed by atoms with Crippen molar-refractivity contribution in [1.82, 2.24) is 5.43 Å². The van der Waals surface area contributed by atoms with Crippen molar-refractivity contribution < 1.29 is 13.2 Å². The average Bonchev–Trinajstić information content (AvgIpc) is 2.46. The smallest absolute Gasteiger partial charge is 0.253 e. The molecule has 0 heterocycles. The molecule has 0 aromatic heterocycles. The molecule has 2 aromatic carbocycles. The zero-order valence-corrected chi connectivity index (χ0v) is 15.7. The molecule has 2 rings (SSSR count). The van der Waals surface area contributed by atoms with Crippen molar-refractivity contribution in [3.8, 4) is 0 Å². The maximum Gasteiger partial charge on any atom is 0.253 e. The lowest BCUT2D eigenvalue weighted by atomic mass is 10.3. The molecule has 0 aliphatic carbocycles. The molecular weight excluding hydrogens is 418 g/mol. The Morgan fingerprint density at radius 3 is 2.00 bits per heavy atom. The van der Waals surface area contributed by atoms with Gasteiger partial charge in [0.05, 0.1) is 20.6 Å². The van der Waals surface area contributed by atoms with Gasteiger partial charge >= 0.3 is 0 Å². The van der Waals surface area contributed by atoms with Gasteiger partial charge < -0.3 is 0 Å². The van der Waals surface area contributed by atoms with Crippen LogP contribution in [0.15, 0.2) is 41.3 Å². The average molecular weight is 428 g/mol. The minimum absolute atomic E-state index is 0.00962. The molecule has 0 fully saturated rings. The van der Waals surface area contributed by atoms with Gasteiger partial charge in [0.15, 0.2) is 9.84 Å². The van der Waals surface area contributed by atoms with E-state index in [1.807, 2.05) is 0 Å². The maximum atomic E-state index is 12.1. The molecule has 128 valence electrons. The fourth-order valence-electron chi connectivity index (χ4n) is 1.73. The van der Waals surface area contributed by atoms with Crippen LogP contribution in [0.25, 0.3) is 0 Å². The van der Waals surface area contributed by atoms with Crippen molar-refractivity contribution in [3.05, 3.63) is 56.5 Å². The number of amides is 1. The molecule has 1 amide bonds. The molecular formula is C14H10Cl4N2O3S. The van der Waals surface area contributed by atoms with Gasteiger partial charge in [-0.25, -0.2) is 8.42 Å². The summed E-state index contributed by atoms with van der Waals surface area (Å²) in [5.74, 6) is -1.54. The second-order valence-corrected chi connectivity index (χ2v) is 8.31. The molecule has 2 aromatic rings. The number of carbonyl (C=O) groups is 1. The predicted octanol–water partition coefficient (Wildman–Crippen LogP) is 4.22. The Labute approximate surface area is 158 Å². The number of carbonyl (C=O) groups excluding carboxylic acids is 1. The summed E-state index contributed by atoms with van der Waals surface area (Å²) in [7, 11) is -3.81. The Balaban J connectivity index is 2.05. The van der Waals surface area contributed by atoms with Crippen LogP contribution < -0.4 is 10.9 Å². The van der Waals surface area contributed by atoms with Crippen molar-refractivity contribution in [2.75, 3.05) is 11.2 Å². The van der Waals surface area contributed by atoms with Crippen LogP contribution in [0, 0.1) is 0 Å². The Kier molecular flexibility index (Phi) is 6.22. The Morgan fingerprint density at radius 1 is 0.917 bits per heavy atom. The van der Waals surface area contributed by atoms with E-state index in [1.54, 1.807) is 0 Å². The van der Waals surface area contributed by atoms with E-state index in [9.17, 15) is 13.2 Å². The summed E-state index contributed by atoms with van der Waals surface area (Å²) in [5, 5.41) is 1.07. The number of halogens is 4. The largest absolute Gasteiger partial charge is 0.296 e. The molecule has 5 nitrogen and oxygen atoms in total. The summed E-state index contributed by atoms with van der Waals surface area (Å²) in [6.45, 7) is 0. The Morgan fingerprint density at radius 2 is 1.46 bits per heavy atom. The van der Waals surface area contributed by atoms with E-state index in [-0.39, 0.29) is 20.6 Å². The lowest BCUT2D eigenvalue weighted by Gasteiger charge is -2.12. The number of hydrogen-bond acceptors (Lipinski definition) is 4. The van der Waals surface area contributed by atoms with Gasteiger partial charge in [0.25, 0.3) is 5.91 Å². The molecule has 0 spiro atoms. The first-order valence-corrected chi connectivity index (χ1v) is 9.53. The van der Waals surface area contributed by atoms with E-state index in [2.05, 4.69) is 10.9 Å². The molecule has 2 N–H and O–H groups in total. The molecule has 0 saturated heterocycles. The molecule has 0 bridgehead atoms. The second-order valence-electron chi connectivity index (χ2n) is 4.63. The van der Waals surface area contributed by atoms with Gasteiger partial charge in [-0.05, 0) is 36.4 Å². The summed E-state index contributed by atoms with van der Waals surface area (Å²) in [6, 6.07) is 8.36. The number of hydrazine groups is 1. The summed E-state index contributed by atoms with van der Waals surface area (Å²) < 4.78 is 24.3. The van der Waals surface area contributed by atoms with Gasteiger partial charge in [0, 0.05) is 10.0 Å². The number of sulfone groups is 1. The van der Waals surface area contributed by atoms with E-state index in [4.69, 9.17) is 46.4 Å². The van der Waals surface area contributed by atoms with Crippen LogP contribution in [-0.4, -0.2) is 20.1 Å². The minimum Gasteiger partial charge on any atom is -0.296 e. The number of hydrogen-bond donors (Lipinski definition) is 2. The van der Waals surface area contributed by atoms with E-state index in [1.165, 1.54) is 36.4 Å². The molecule has 0 saturated carbocycles. The fraction of sp³-hybridized carbons (Fsp3) is 0.0714. The molecule has 24 heavy (non-hydrogen) atoms. The van der Waals surface area contributed by atoms with Crippen LogP contribution in [0.5, 0.6) is 0 Å². The van der Waals surface area contributed by atoms with Crippen LogP contribution in [0.2, 0.25) is 20.1 Å². The van der Waals surface area contributed by atoms with Gasteiger partial charge in [-0.15, -0.1) is 0 Å². The van der Waals surface area contributed by atoms with Crippen LogP contribution in [-0.2, 0) is 14.6 Å². The third-order valence-corrected chi connectivity index (χ3v) is 5.53. The van der Waals surface area contributed by atoms with Crippen LogP contribution >= 0.6 is 46.4 Å². The van der Waals surface area contributed by atoms with Crippen molar-refractivity contribution in [1.29, 1.82) is 0 Å². The quantitative estimate of drug-likeness (QED) is 0.700. The lowest BCUT2D eigenvalue weighted by molar-refractivity contribution is -0.118. The van der Waals surface area contributed by atoms with E-state index in [0.29, 0.717) is 10.0 Å². The lowest BCUT2D eigenvalue weighted by Crippen LogP contribution is -2.34. The summed E-state index contributed by atoms with van der Waals surface area (Å²) in [5.41, 5.74) is 4.92. The Hall–Kier alpha value is -1.18. The van der Waals surface area contributed by atoms with Crippen LogP contribution in [0.1, 0.15) is 0 Å². The van der Waals surface area contributed by atoms with Gasteiger partial charge in [0.1, 0.15) is 5.75 Å². The maximum absolute atomic E-state index is 12.1. The highest BCUT2D eigenvalue weighted by atomic mass is 35.5. The molecule has 10 heteroatoms. The van der Waals surface area contributed by atoms with Gasteiger partial charge in [-0.3, -0.25) is 15.6 Å². The molecule has 0 aliphatic rings. The standard InChI is InChI=1S/C14H10Cl4N2O3S/c15-8-1-3-10(4-2-8)24(22,23)7-13(21)19-20-14-11(17)5-9(16)6-12(14)18/h1-6,20H,7H2,(H,19,21). The highest BCUT2D eigenvalue weighted by Gasteiger charge is 2.19. The summed E-state index contributed by atoms with van der Waals surface area (Å²) in [4.78, 5) is 11.9. The number of rotatable bonds is 5. The number of nitrogens with one attached hydrogen (secondary N) is 2. The number of anilines is 1. The summed E-state index contributed by atoms with van der Waals surface area (Å²) in [6.07, 6.45) is 0. The van der Waals surface area contributed by atoms with Crippen molar-refractivity contribution in [3.63, 3.8) is 0 Å². The minimum atomic E-state index is -3.81. The van der Waals surface area contributed by atoms with Crippen molar-refractivity contribution >= 4 is 67.8 Å². The fourth-order valence-corrected chi connectivity index (χ4v) is 3.90. The van der Waals surface area contributed by atoms with Gasteiger partial charge in [-0.1, -0.05) is 46.4 Å². The van der Waals surface area contributed by atoms with Crippen molar-refractivity contribution in [2.45, 2.75) is 4.90 Å². The van der Waals surface area contributed by atoms with E-state index < -0.39 is 21.5 Å². The topological polar surface area (TPSA) is 75.3 Å². The first-order chi connectivity index (χ1) is 11.2. The predicted molar refractivity (Wildman–Crippen MR) is 96.7 cm³/mol.